The first-order valence-electron chi connectivity index (χ1n) is 4.30. The fourth-order valence-corrected chi connectivity index (χ4v) is 1.22. The van der Waals surface area contributed by atoms with E-state index >= 15 is 0 Å². The summed E-state index contributed by atoms with van der Waals surface area (Å²) >= 11 is 4.05. The molecule has 0 aromatic heterocycles. The van der Waals surface area contributed by atoms with Gasteiger partial charge in [-0.1, -0.05) is 36.4 Å². The lowest BCUT2D eigenvalue weighted by atomic mass is 10.1. The lowest BCUT2D eigenvalue weighted by Crippen LogP contribution is -1.99. The van der Waals surface area contributed by atoms with Gasteiger partial charge in [-0.25, -0.2) is 0 Å². The van der Waals surface area contributed by atoms with Crippen LogP contribution in [0.3, 0.4) is 0 Å². The van der Waals surface area contributed by atoms with Crippen molar-refractivity contribution in [2.75, 3.05) is 5.75 Å². The molecule has 2 nitrogen and oxygen atoms in total. The third kappa shape index (κ3) is 3.66. The molecule has 0 spiro atoms. The summed E-state index contributed by atoms with van der Waals surface area (Å²) < 4.78 is 0. The van der Waals surface area contributed by atoms with Crippen LogP contribution in [-0.4, -0.2) is 16.8 Å². The number of hydrogen-bond donors (Lipinski definition) is 2. The minimum atomic E-state index is -0.802. The highest BCUT2D eigenvalue weighted by Gasteiger charge is 1.98. The van der Waals surface area contributed by atoms with Gasteiger partial charge in [-0.15, -0.1) is 0 Å². The van der Waals surface area contributed by atoms with Gasteiger partial charge in [0.15, 0.2) is 0 Å². The Balaban J connectivity index is 2.68. The molecule has 0 atom stereocenters. The van der Waals surface area contributed by atoms with Crippen LogP contribution in [0.2, 0.25) is 0 Å². The highest BCUT2D eigenvalue weighted by atomic mass is 32.1. The number of benzene rings is 1. The quantitative estimate of drug-likeness (QED) is 0.745. The van der Waals surface area contributed by atoms with E-state index < -0.39 is 5.97 Å². The number of carboxylic acids is 1. The Morgan fingerprint density at radius 3 is 2.50 bits per heavy atom. The highest BCUT2D eigenvalue weighted by Crippen LogP contribution is 2.07. The molecule has 3 heteroatoms. The molecule has 0 saturated carbocycles. The molecule has 1 rings (SSSR count). The Bertz CT molecular complexity index is 328. The summed E-state index contributed by atoms with van der Waals surface area (Å²) in [5.74, 6) is -0.0969. The number of carboxylic acid groups (broad SMARTS) is 1. The summed E-state index contributed by atoms with van der Waals surface area (Å²) in [6.45, 7) is 0. The van der Waals surface area contributed by atoms with Crippen molar-refractivity contribution in [3.63, 3.8) is 0 Å². The summed E-state index contributed by atoms with van der Waals surface area (Å²) in [6, 6.07) is 7.45. The van der Waals surface area contributed by atoms with Crippen molar-refractivity contribution < 1.29 is 9.90 Å². The molecular weight excluding hydrogens is 196 g/mol. The normalized spacial score (nSPS) is 10.6. The van der Waals surface area contributed by atoms with Crippen LogP contribution in [0.15, 0.2) is 30.3 Å². The zero-order valence-corrected chi connectivity index (χ0v) is 8.58. The average molecular weight is 208 g/mol. The van der Waals surface area contributed by atoms with E-state index in [0.717, 1.165) is 11.1 Å². The summed E-state index contributed by atoms with van der Waals surface area (Å²) in [5.41, 5.74) is 1.88. The average Bonchev–Trinajstić information content (AvgIpc) is 2.16. The Hall–Kier alpha value is -1.22. The Labute approximate surface area is 88.7 Å². The van der Waals surface area contributed by atoms with Crippen LogP contribution in [0.25, 0.3) is 6.08 Å². The van der Waals surface area contributed by atoms with Gasteiger partial charge >= 0.3 is 5.97 Å². The van der Waals surface area contributed by atoms with E-state index in [9.17, 15) is 4.79 Å². The molecule has 0 saturated heterocycles. The van der Waals surface area contributed by atoms with Gasteiger partial charge in [-0.05, 0) is 11.1 Å². The van der Waals surface area contributed by atoms with Crippen molar-refractivity contribution in [1.29, 1.82) is 0 Å². The zero-order chi connectivity index (χ0) is 10.4. The number of thiol groups is 1. The summed E-state index contributed by atoms with van der Waals surface area (Å²) in [5, 5.41) is 8.55. The van der Waals surface area contributed by atoms with Gasteiger partial charge in [0.1, 0.15) is 0 Å². The Morgan fingerprint density at radius 2 is 2.00 bits per heavy atom. The standard InChI is InChI=1S/C11H12O2S/c12-11(13)8-10-5-3-9(4-6-10)2-1-7-14/h1-6,14H,7-8H2,(H,12,13). The van der Waals surface area contributed by atoms with E-state index in [1.54, 1.807) is 0 Å². The lowest BCUT2D eigenvalue weighted by molar-refractivity contribution is -0.136. The van der Waals surface area contributed by atoms with E-state index in [4.69, 9.17) is 5.11 Å². The monoisotopic (exact) mass is 208 g/mol. The summed E-state index contributed by atoms with van der Waals surface area (Å²) in [7, 11) is 0. The van der Waals surface area contributed by atoms with Gasteiger partial charge in [-0.2, -0.15) is 12.6 Å². The largest absolute Gasteiger partial charge is 0.481 e. The SMILES string of the molecule is O=C(O)Cc1ccc(C=CCS)cc1. The third-order valence-corrected chi connectivity index (χ3v) is 1.96. The molecule has 0 aliphatic rings. The summed E-state index contributed by atoms with van der Waals surface area (Å²) in [6.07, 6.45) is 3.98. The molecule has 0 amide bonds. The van der Waals surface area contributed by atoms with Gasteiger partial charge in [0, 0.05) is 5.75 Å². The van der Waals surface area contributed by atoms with Gasteiger partial charge in [0.2, 0.25) is 0 Å². The van der Waals surface area contributed by atoms with E-state index in [2.05, 4.69) is 12.6 Å². The van der Waals surface area contributed by atoms with Crippen LogP contribution in [-0.2, 0) is 11.2 Å². The van der Waals surface area contributed by atoms with Crippen molar-refractivity contribution >= 4 is 24.7 Å². The molecule has 1 aromatic carbocycles. The molecule has 0 bridgehead atoms. The predicted octanol–water partition coefficient (Wildman–Crippen LogP) is 2.26. The van der Waals surface area contributed by atoms with Crippen LogP contribution in [0.5, 0.6) is 0 Å². The summed E-state index contributed by atoms with van der Waals surface area (Å²) in [4.78, 5) is 10.4. The molecule has 0 heterocycles. The molecular formula is C11H12O2S. The van der Waals surface area contributed by atoms with Crippen molar-refractivity contribution in [2.45, 2.75) is 6.42 Å². The van der Waals surface area contributed by atoms with Crippen molar-refractivity contribution in [2.24, 2.45) is 0 Å². The van der Waals surface area contributed by atoms with Crippen molar-refractivity contribution in [1.82, 2.24) is 0 Å². The molecule has 14 heavy (non-hydrogen) atoms. The molecule has 74 valence electrons. The second kappa shape index (κ2) is 5.50. The van der Waals surface area contributed by atoms with Crippen LogP contribution in [0.1, 0.15) is 11.1 Å². The highest BCUT2D eigenvalue weighted by molar-refractivity contribution is 7.80. The Morgan fingerprint density at radius 1 is 1.36 bits per heavy atom. The van der Waals surface area contributed by atoms with Gasteiger partial charge in [-0.3, -0.25) is 4.79 Å². The number of carbonyl (C=O) groups is 1. The van der Waals surface area contributed by atoms with Crippen LogP contribution in [0.4, 0.5) is 0 Å². The molecule has 0 radical (unpaired) electrons. The fraction of sp³-hybridized carbons (Fsp3) is 0.182. The maximum Gasteiger partial charge on any atom is 0.307 e. The first-order valence-corrected chi connectivity index (χ1v) is 4.94. The van der Waals surface area contributed by atoms with Gasteiger partial charge < -0.3 is 5.11 Å². The second-order valence-corrected chi connectivity index (χ2v) is 3.26. The molecule has 1 aromatic rings. The maximum atomic E-state index is 10.4. The number of rotatable bonds is 4. The first kappa shape index (κ1) is 10.9. The zero-order valence-electron chi connectivity index (χ0n) is 7.68. The lowest BCUT2D eigenvalue weighted by Gasteiger charge is -1.97. The molecule has 0 unspecified atom stereocenters. The third-order valence-electron chi connectivity index (χ3n) is 1.75. The van der Waals surface area contributed by atoms with E-state index in [-0.39, 0.29) is 6.42 Å². The molecule has 0 aliphatic carbocycles. The molecule has 0 aliphatic heterocycles. The predicted molar refractivity (Wildman–Crippen MR) is 60.7 cm³/mol. The number of hydrogen-bond acceptors (Lipinski definition) is 2. The van der Waals surface area contributed by atoms with Crippen LogP contribution in [0, 0.1) is 0 Å². The fourth-order valence-electron chi connectivity index (χ4n) is 1.11. The maximum absolute atomic E-state index is 10.4. The Kier molecular flexibility index (Phi) is 4.26. The van der Waals surface area contributed by atoms with Crippen molar-refractivity contribution in [3.8, 4) is 0 Å². The van der Waals surface area contributed by atoms with Crippen LogP contribution >= 0.6 is 12.6 Å². The minimum absolute atomic E-state index is 0.0799. The van der Waals surface area contributed by atoms with E-state index in [1.165, 1.54) is 0 Å². The number of aliphatic carboxylic acids is 1. The first-order chi connectivity index (χ1) is 6.72. The van der Waals surface area contributed by atoms with E-state index in [1.807, 2.05) is 36.4 Å². The van der Waals surface area contributed by atoms with E-state index in [0.29, 0.717) is 5.75 Å². The topological polar surface area (TPSA) is 37.3 Å². The molecule has 1 N–H and O–H groups in total. The van der Waals surface area contributed by atoms with Gasteiger partial charge in [0.05, 0.1) is 6.42 Å². The minimum Gasteiger partial charge on any atom is -0.481 e. The van der Waals surface area contributed by atoms with Crippen molar-refractivity contribution in [3.05, 3.63) is 41.5 Å². The smallest absolute Gasteiger partial charge is 0.307 e. The second-order valence-electron chi connectivity index (χ2n) is 2.90. The van der Waals surface area contributed by atoms with Gasteiger partial charge in [0.25, 0.3) is 0 Å². The van der Waals surface area contributed by atoms with Crippen LogP contribution < -0.4 is 0 Å². The molecule has 0 fully saturated rings.